The molecule has 9 aromatic carbocycles. The molecule has 10 aromatic rings. The van der Waals surface area contributed by atoms with Crippen LogP contribution < -0.4 is 4.90 Å². The minimum Gasteiger partial charge on any atom is -0.310 e. The third kappa shape index (κ3) is 5.85. The van der Waals surface area contributed by atoms with E-state index in [2.05, 4.69) is 240 Å². The molecule has 0 radical (unpaired) electrons. The number of para-hydroxylation sites is 3. The van der Waals surface area contributed by atoms with Gasteiger partial charge in [-0.3, -0.25) is 0 Å². The monoisotopic (exact) mass is 714 g/mol. The average Bonchev–Trinajstić information content (AvgIpc) is 3.62. The van der Waals surface area contributed by atoms with Crippen LogP contribution in [0.4, 0.5) is 17.1 Å². The molecule has 0 amide bonds. The van der Waals surface area contributed by atoms with E-state index in [9.17, 15) is 0 Å². The van der Waals surface area contributed by atoms with E-state index in [-0.39, 0.29) is 0 Å². The van der Waals surface area contributed by atoms with Crippen molar-refractivity contribution in [3.05, 3.63) is 231 Å². The number of hydrogen-bond donors (Lipinski definition) is 0. The van der Waals surface area contributed by atoms with Crippen LogP contribution in [0.5, 0.6) is 0 Å². The molecular formula is C54H38N2. The van der Waals surface area contributed by atoms with Crippen molar-refractivity contribution in [1.29, 1.82) is 0 Å². The molecule has 0 saturated heterocycles. The van der Waals surface area contributed by atoms with Crippen molar-refractivity contribution < 1.29 is 0 Å². The fraction of sp³-hybridized carbons (Fsp3) is 0. The second-order valence-electron chi connectivity index (χ2n) is 14.1. The molecule has 0 aliphatic heterocycles. The quantitative estimate of drug-likeness (QED) is 0.152. The Morgan fingerprint density at radius 3 is 1.57 bits per heavy atom. The third-order valence-corrected chi connectivity index (χ3v) is 10.8. The Labute approximate surface area is 327 Å². The van der Waals surface area contributed by atoms with Crippen molar-refractivity contribution in [2.24, 2.45) is 0 Å². The van der Waals surface area contributed by atoms with E-state index in [1.807, 2.05) is 0 Å². The molecule has 0 spiro atoms. The lowest BCUT2D eigenvalue weighted by Gasteiger charge is -2.30. The van der Waals surface area contributed by atoms with Crippen molar-refractivity contribution in [3.8, 4) is 50.2 Å². The Kier molecular flexibility index (Phi) is 8.55. The van der Waals surface area contributed by atoms with Gasteiger partial charge < -0.3 is 9.47 Å². The van der Waals surface area contributed by atoms with Crippen LogP contribution >= 0.6 is 0 Å². The Balaban J connectivity index is 1.22. The van der Waals surface area contributed by atoms with E-state index in [1.54, 1.807) is 0 Å². The molecule has 56 heavy (non-hydrogen) atoms. The molecule has 10 rings (SSSR count). The normalized spacial score (nSPS) is 11.2. The molecule has 0 aliphatic carbocycles. The van der Waals surface area contributed by atoms with Crippen LogP contribution in [0.2, 0.25) is 0 Å². The smallest absolute Gasteiger partial charge is 0.0547 e. The van der Waals surface area contributed by atoms with Gasteiger partial charge in [0.2, 0.25) is 0 Å². The average molecular weight is 715 g/mol. The molecule has 0 saturated carbocycles. The topological polar surface area (TPSA) is 8.17 Å². The number of benzene rings is 9. The lowest BCUT2D eigenvalue weighted by Crippen LogP contribution is -2.12. The summed E-state index contributed by atoms with van der Waals surface area (Å²) in [5.74, 6) is 0. The number of aromatic nitrogens is 1. The van der Waals surface area contributed by atoms with Crippen LogP contribution in [-0.2, 0) is 0 Å². The Morgan fingerprint density at radius 2 is 0.821 bits per heavy atom. The molecule has 0 unspecified atom stereocenters. The Hall–Kier alpha value is -7.42. The van der Waals surface area contributed by atoms with Crippen LogP contribution in [-0.4, -0.2) is 4.57 Å². The van der Waals surface area contributed by atoms with E-state index < -0.39 is 0 Å². The molecule has 0 aliphatic rings. The van der Waals surface area contributed by atoms with Crippen LogP contribution in [0.3, 0.4) is 0 Å². The summed E-state index contributed by atoms with van der Waals surface area (Å²) in [7, 11) is 0. The fourth-order valence-corrected chi connectivity index (χ4v) is 8.37. The number of rotatable bonds is 8. The van der Waals surface area contributed by atoms with E-state index in [0.717, 1.165) is 28.3 Å². The maximum Gasteiger partial charge on any atom is 0.0547 e. The fourth-order valence-electron chi connectivity index (χ4n) is 8.37. The van der Waals surface area contributed by atoms with Crippen LogP contribution in [0.25, 0.3) is 72.0 Å². The Morgan fingerprint density at radius 1 is 0.321 bits per heavy atom. The zero-order chi connectivity index (χ0) is 37.3. The summed E-state index contributed by atoms with van der Waals surface area (Å²) in [5.41, 5.74) is 16.3. The highest BCUT2D eigenvalue weighted by atomic mass is 15.1. The van der Waals surface area contributed by atoms with Crippen LogP contribution in [0.15, 0.2) is 231 Å². The van der Waals surface area contributed by atoms with E-state index in [4.69, 9.17) is 0 Å². The van der Waals surface area contributed by atoms with Crippen molar-refractivity contribution in [1.82, 2.24) is 4.57 Å². The van der Waals surface area contributed by atoms with Crippen molar-refractivity contribution in [3.63, 3.8) is 0 Å². The summed E-state index contributed by atoms with van der Waals surface area (Å²) in [6, 6.07) is 83.1. The van der Waals surface area contributed by atoms with Gasteiger partial charge in [0.1, 0.15) is 0 Å². The third-order valence-electron chi connectivity index (χ3n) is 10.8. The minimum atomic E-state index is 1.08. The lowest BCUT2D eigenvalue weighted by molar-refractivity contribution is 1.18. The molecule has 1 aromatic heterocycles. The predicted molar refractivity (Wildman–Crippen MR) is 237 cm³/mol. The Bertz CT molecular complexity index is 2950. The van der Waals surface area contributed by atoms with Gasteiger partial charge in [-0.05, 0) is 93.5 Å². The highest BCUT2D eigenvalue weighted by molar-refractivity contribution is 6.16. The van der Waals surface area contributed by atoms with Gasteiger partial charge in [0.15, 0.2) is 0 Å². The first kappa shape index (κ1) is 33.2. The van der Waals surface area contributed by atoms with Crippen molar-refractivity contribution in [2.75, 3.05) is 4.90 Å². The first-order valence-electron chi connectivity index (χ1n) is 19.2. The first-order chi connectivity index (χ1) is 27.8. The van der Waals surface area contributed by atoms with Gasteiger partial charge in [0.05, 0.1) is 16.7 Å². The van der Waals surface area contributed by atoms with E-state index in [1.165, 1.54) is 60.8 Å². The van der Waals surface area contributed by atoms with Gasteiger partial charge in [-0.1, -0.05) is 176 Å². The van der Waals surface area contributed by atoms with E-state index in [0.29, 0.717) is 0 Å². The lowest BCUT2D eigenvalue weighted by atomic mass is 9.87. The van der Waals surface area contributed by atoms with Crippen LogP contribution in [0, 0.1) is 0 Å². The molecule has 0 bridgehead atoms. The number of nitrogens with zero attached hydrogens (tertiary/aromatic N) is 2. The summed E-state index contributed by atoms with van der Waals surface area (Å²) >= 11 is 0. The SMILES string of the molecule is c1ccc(-c2ccccc2-c2c(-c3ccccc3)cccc2N(c2ccccc2)c2cccc(-c3cccc4c3c3ccccc3n4-c3ccccc3)c2)cc1. The summed E-state index contributed by atoms with van der Waals surface area (Å²) in [6.07, 6.45) is 0. The second-order valence-corrected chi connectivity index (χ2v) is 14.1. The zero-order valence-corrected chi connectivity index (χ0v) is 30.8. The first-order valence-corrected chi connectivity index (χ1v) is 19.2. The zero-order valence-electron chi connectivity index (χ0n) is 30.8. The van der Waals surface area contributed by atoms with Gasteiger partial charge in [-0.15, -0.1) is 0 Å². The van der Waals surface area contributed by atoms with Gasteiger partial charge in [0, 0.05) is 33.4 Å². The number of anilines is 3. The molecule has 0 fully saturated rings. The summed E-state index contributed by atoms with van der Waals surface area (Å²) in [5, 5.41) is 2.49. The van der Waals surface area contributed by atoms with Gasteiger partial charge in [-0.2, -0.15) is 0 Å². The highest BCUT2D eigenvalue weighted by Gasteiger charge is 2.23. The predicted octanol–water partition coefficient (Wildman–Crippen LogP) is 14.9. The standard InChI is InChI=1S/C54H38N2/c1-5-20-39(21-6-1)45-30-13-14-31-48(45)53-46(40-22-7-2-8-23-40)33-18-36-51(53)55(42-25-9-3-10-26-42)44-29-17-24-41(38-44)47-34-19-37-52-54(47)49-32-15-16-35-50(49)56(52)43-27-11-4-12-28-43/h1-38H. The van der Waals surface area contributed by atoms with Crippen molar-refractivity contribution in [2.45, 2.75) is 0 Å². The van der Waals surface area contributed by atoms with Gasteiger partial charge in [0.25, 0.3) is 0 Å². The molecular weight excluding hydrogens is 677 g/mol. The second kappa shape index (κ2) is 14.4. The molecule has 2 nitrogen and oxygen atoms in total. The molecule has 0 atom stereocenters. The minimum absolute atomic E-state index is 1.08. The van der Waals surface area contributed by atoms with Crippen LogP contribution in [0.1, 0.15) is 0 Å². The molecule has 1 heterocycles. The molecule has 0 N–H and O–H groups in total. The van der Waals surface area contributed by atoms with Crippen molar-refractivity contribution >= 4 is 38.9 Å². The summed E-state index contributed by atoms with van der Waals surface area (Å²) in [6.45, 7) is 0. The number of fused-ring (bicyclic) bond motifs is 3. The maximum atomic E-state index is 2.43. The summed E-state index contributed by atoms with van der Waals surface area (Å²) in [4.78, 5) is 2.43. The van der Waals surface area contributed by atoms with Gasteiger partial charge >= 0.3 is 0 Å². The maximum absolute atomic E-state index is 2.43. The highest BCUT2D eigenvalue weighted by Crippen LogP contribution is 2.48. The van der Waals surface area contributed by atoms with E-state index >= 15 is 0 Å². The molecule has 2 heteroatoms. The van der Waals surface area contributed by atoms with Gasteiger partial charge in [-0.25, -0.2) is 0 Å². The number of hydrogen-bond acceptors (Lipinski definition) is 1. The summed E-state index contributed by atoms with van der Waals surface area (Å²) < 4.78 is 2.39. The largest absolute Gasteiger partial charge is 0.310 e. The molecule has 264 valence electrons.